The molecule has 0 radical (unpaired) electrons. The van der Waals surface area contributed by atoms with E-state index in [1.54, 1.807) is 12.1 Å². The van der Waals surface area contributed by atoms with Crippen molar-refractivity contribution in [3.63, 3.8) is 0 Å². The summed E-state index contributed by atoms with van der Waals surface area (Å²) in [4.78, 5) is 11.9. The monoisotopic (exact) mass is 360 g/mol. The van der Waals surface area contributed by atoms with Gasteiger partial charge in [-0.1, -0.05) is 0 Å². The molecule has 10 heteroatoms. The molecule has 9 nitrogen and oxygen atoms in total. The summed E-state index contributed by atoms with van der Waals surface area (Å²) in [6, 6.07) is 4.71. The number of ether oxygens (including phenoxy) is 1. The van der Waals surface area contributed by atoms with Crippen LogP contribution in [0.2, 0.25) is 0 Å². The number of anilines is 1. The number of nitrogens with zero attached hydrogens (tertiary/aromatic N) is 5. The molecule has 0 fully saturated rings. The van der Waals surface area contributed by atoms with E-state index in [4.69, 9.17) is 4.74 Å². The largest absolute Gasteiger partial charge is 0.495 e. The van der Waals surface area contributed by atoms with Crippen molar-refractivity contribution in [1.82, 2.24) is 24.7 Å². The number of hydrogen-bond acceptors (Lipinski definition) is 7. The van der Waals surface area contributed by atoms with Crippen molar-refractivity contribution in [1.29, 1.82) is 0 Å². The van der Waals surface area contributed by atoms with Crippen molar-refractivity contribution in [3.05, 3.63) is 48.3 Å². The number of methoxy groups -OCH3 is 1. The highest BCUT2D eigenvalue weighted by Crippen LogP contribution is 2.28. The van der Waals surface area contributed by atoms with Crippen LogP contribution in [0.15, 0.2) is 42.1 Å². The Balaban J connectivity index is 1.98. The van der Waals surface area contributed by atoms with Crippen LogP contribution in [0.3, 0.4) is 0 Å². The van der Waals surface area contributed by atoms with Crippen LogP contribution in [0.5, 0.6) is 5.75 Å². The van der Waals surface area contributed by atoms with Crippen molar-refractivity contribution >= 4 is 15.8 Å². The fourth-order valence-corrected chi connectivity index (χ4v) is 3.42. The average Bonchev–Trinajstić information content (AvgIpc) is 3.11. The van der Waals surface area contributed by atoms with E-state index in [2.05, 4.69) is 24.8 Å². The Bertz CT molecular complexity index is 1000. The van der Waals surface area contributed by atoms with E-state index in [0.29, 0.717) is 5.82 Å². The summed E-state index contributed by atoms with van der Waals surface area (Å²) in [6.07, 6.45) is 4.05. The predicted octanol–water partition coefficient (Wildman–Crippen LogP) is 1.48. The van der Waals surface area contributed by atoms with Crippen LogP contribution in [0.25, 0.3) is 5.82 Å². The Kier molecular flexibility index (Phi) is 4.36. The number of aryl methyl sites for hydroxylation is 2. The van der Waals surface area contributed by atoms with Gasteiger partial charge in [-0.25, -0.2) is 28.1 Å². The molecule has 25 heavy (non-hydrogen) atoms. The molecule has 0 aliphatic carbocycles. The normalized spacial score (nSPS) is 11.3. The first kappa shape index (κ1) is 16.8. The molecule has 0 aliphatic rings. The van der Waals surface area contributed by atoms with E-state index in [-0.39, 0.29) is 16.5 Å². The second kappa shape index (κ2) is 6.48. The highest BCUT2D eigenvalue weighted by atomic mass is 32.2. The lowest BCUT2D eigenvalue weighted by atomic mass is 10.1. The van der Waals surface area contributed by atoms with Gasteiger partial charge in [-0.15, -0.1) is 0 Å². The lowest BCUT2D eigenvalue weighted by molar-refractivity contribution is 0.402. The van der Waals surface area contributed by atoms with Gasteiger partial charge in [-0.05, 0) is 37.1 Å². The maximum absolute atomic E-state index is 12.8. The fraction of sp³-hybridized carbons (Fsp3) is 0.200. The van der Waals surface area contributed by atoms with Crippen molar-refractivity contribution in [2.24, 2.45) is 0 Å². The quantitative estimate of drug-likeness (QED) is 0.733. The van der Waals surface area contributed by atoms with Gasteiger partial charge in [0.25, 0.3) is 10.0 Å². The zero-order valence-electron chi connectivity index (χ0n) is 13.8. The van der Waals surface area contributed by atoms with Crippen molar-refractivity contribution < 1.29 is 13.2 Å². The molecular formula is C15H16N6O3S. The van der Waals surface area contributed by atoms with Gasteiger partial charge in [0, 0.05) is 6.07 Å². The van der Waals surface area contributed by atoms with E-state index in [1.165, 1.54) is 36.8 Å². The Morgan fingerprint density at radius 1 is 1.08 bits per heavy atom. The molecular weight excluding hydrogens is 344 g/mol. The molecule has 2 heterocycles. The zero-order chi connectivity index (χ0) is 18.0. The van der Waals surface area contributed by atoms with Crippen LogP contribution >= 0.6 is 0 Å². The van der Waals surface area contributed by atoms with E-state index < -0.39 is 10.0 Å². The van der Waals surface area contributed by atoms with Crippen LogP contribution in [0.1, 0.15) is 11.1 Å². The first-order chi connectivity index (χ1) is 11.9. The number of aromatic nitrogens is 5. The van der Waals surface area contributed by atoms with Gasteiger partial charge < -0.3 is 4.74 Å². The Morgan fingerprint density at radius 2 is 1.84 bits per heavy atom. The van der Waals surface area contributed by atoms with Gasteiger partial charge in [0.2, 0.25) is 0 Å². The van der Waals surface area contributed by atoms with Crippen LogP contribution in [-0.2, 0) is 10.0 Å². The molecule has 1 N–H and O–H groups in total. The molecule has 1 aromatic carbocycles. The third-order valence-electron chi connectivity index (χ3n) is 3.61. The fourth-order valence-electron chi connectivity index (χ4n) is 2.18. The lowest BCUT2D eigenvalue weighted by Gasteiger charge is -2.13. The van der Waals surface area contributed by atoms with E-state index in [0.717, 1.165) is 11.1 Å². The van der Waals surface area contributed by atoms with Crippen LogP contribution in [-0.4, -0.2) is 40.3 Å². The SMILES string of the molecule is COc1cc(C)c(C)cc1S(=O)(=O)Nc1cc(-n2cncn2)ncn1. The molecule has 0 bridgehead atoms. The van der Waals surface area contributed by atoms with E-state index in [9.17, 15) is 8.42 Å². The highest BCUT2D eigenvalue weighted by molar-refractivity contribution is 7.92. The van der Waals surface area contributed by atoms with Gasteiger partial charge in [-0.2, -0.15) is 5.10 Å². The molecule has 2 aromatic heterocycles. The maximum atomic E-state index is 12.8. The van der Waals surface area contributed by atoms with Gasteiger partial charge >= 0.3 is 0 Å². The van der Waals surface area contributed by atoms with Gasteiger partial charge in [-0.3, -0.25) is 4.72 Å². The smallest absolute Gasteiger partial charge is 0.266 e. The van der Waals surface area contributed by atoms with Crippen molar-refractivity contribution in [3.8, 4) is 11.6 Å². The van der Waals surface area contributed by atoms with Crippen LogP contribution < -0.4 is 9.46 Å². The predicted molar refractivity (Wildman–Crippen MR) is 90.2 cm³/mol. The number of benzene rings is 1. The Hall–Kier alpha value is -3.01. The summed E-state index contributed by atoms with van der Waals surface area (Å²) in [5.41, 5.74) is 1.78. The molecule has 130 valence electrons. The third-order valence-corrected chi connectivity index (χ3v) is 4.99. The second-order valence-electron chi connectivity index (χ2n) is 5.29. The third kappa shape index (κ3) is 3.43. The van der Waals surface area contributed by atoms with Crippen molar-refractivity contribution in [2.45, 2.75) is 18.7 Å². The van der Waals surface area contributed by atoms with Gasteiger partial charge in [0.1, 0.15) is 35.4 Å². The maximum Gasteiger partial charge on any atom is 0.266 e. The summed E-state index contributed by atoms with van der Waals surface area (Å²) in [6.45, 7) is 3.72. The molecule has 0 saturated heterocycles. The van der Waals surface area contributed by atoms with Gasteiger partial charge in [0.15, 0.2) is 5.82 Å². The average molecular weight is 360 g/mol. The number of sulfonamides is 1. The van der Waals surface area contributed by atoms with E-state index in [1.807, 2.05) is 13.8 Å². The van der Waals surface area contributed by atoms with Crippen LogP contribution in [0, 0.1) is 13.8 Å². The molecule has 0 amide bonds. The van der Waals surface area contributed by atoms with E-state index >= 15 is 0 Å². The minimum Gasteiger partial charge on any atom is -0.495 e. The second-order valence-corrected chi connectivity index (χ2v) is 6.95. The molecule has 3 aromatic rings. The van der Waals surface area contributed by atoms with Crippen LogP contribution in [0.4, 0.5) is 5.82 Å². The number of nitrogens with one attached hydrogen (secondary N) is 1. The zero-order valence-corrected chi connectivity index (χ0v) is 14.6. The first-order valence-electron chi connectivity index (χ1n) is 7.26. The summed E-state index contributed by atoms with van der Waals surface area (Å²) < 4.78 is 34.6. The molecule has 0 atom stereocenters. The standard InChI is InChI=1S/C15H16N6O3S/c1-10-4-12(24-3)13(5-11(10)2)25(22,23)20-14-6-15(18-8-17-14)21-9-16-7-19-21/h4-9H,1-3H3,(H,17,18,20). The summed E-state index contributed by atoms with van der Waals surface area (Å²) >= 11 is 0. The Morgan fingerprint density at radius 3 is 2.52 bits per heavy atom. The van der Waals surface area contributed by atoms with Crippen molar-refractivity contribution in [2.75, 3.05) is 11.8 Å². The molecule has 0 saturated carbocycles. The molecule has 0 unspecified atom stereocenters. The first-order valence-corrected chi connectivity index (χ1v) is 8.74. The molecule has 3 rings (SSSR count). The number of rotatable bonds is 5. The molecule has 0 aliphatic heterocycles. The summed E-state index contributed by atoms with van der Waals surface area (Å²) in [5.74, 6) is 0.763. The number of hydrogen-bond donors (Lipinski definition) is 1. The van der Waals surface area contributed by atoms with Gasteiger partial charge in [0.05, 0.1) is 7.11 Å². The lowest BCUT2D eigenvalue weighted by Crippen LogP contribution is -2.16. The minimum atomic E-state index is -3.89. The minimum absolute atomic E-state index is 0.0408. The topological polar surface area (TPSA) is 112 Å². The molecule has 0 spiro atoms. The summed E-state index contributed by atoms with van der Waals surface area (Å²) in [7, 11) is -2.46. The summed E-state index contributed by atoms with van der Waals surface area (Å²) in [5, 5.41) is 3.95. The highest BCUT2D eigenvalue weighted by Gasteiger charge is 2.21. The Labute approximate surface area is 144 Å².